The number of guanidine groups is 1. The maximum absolute atomic E-state index is 13.2. The molecule has 24 heavy (non-hydrogen) atoms. The zero-order valence-corrected chi connectivity index (χ0v) is 13.9. The molecule has 1 heterocycles. The largest absolute Gasteiger partial charge is 0.434 e. The third-order valence-electron chi connectivity index (χ3n) is 3.12. The van der Waals surface area contributed by atoms with Crippen molar-refractivity contribution >= 4 is 17.3 Å². The van der Waals surface area contributed by atoms with Crippen molar-refractivity contribution in [2.45, 2.75) is 19.3 Å². The third-order valence-corrected chi connectivity index (χ3v) is 3.97. The lowest BCUT2D eigenvalue weighted by molar-refractivity contribution is -0.140. The van der Waals surface area contributed by atoms with Gasteiger partial charge >= 0.3 is 6.18 Å². The topological polar surface area (TPSA) is 40.5 Å². The highest BCUT2D eigenvalue weighted by Gasteiger charge is 2.33. The van der Waals surface area contributed by atoms with Crippen LogP contribution < -0.4 is 5.32 Å². The van der Waals surface area contributed by atoms with Gasteiger partial charge in [-0.1, -0.05) is 12.1 Å². The van der Waals surface area contributed by atoms with Crippen LogP contribution >= 0.6 is 11.3 Å². The molecule has 9 heteroatoms. The van der Waals surface area contributed by atoms with E-state index in [-0.39, 0.29) is 12.4 Å². The van der Waals surface area contributed by atoms with Gasteiger partial charge in [0.25, 0.3) is 0 Å². The smallest absolute Gasteiger partial charge is 0.350 e. The Morgan fingerprint density at radius 3 is 2.71 bits per heavy atom. The first-order valence-electron chi connectivity index (χ1n) is 6.97. The Morgan fingerprint density at radius 2 is 2.12 bits per heavy atom. The van der Waals surface area contributed by atoms with Crippen LogP contribution in [0.3, 0.4) is 0 Å². The quantitative estimate of drug-likeness (QED) is 0.515. The van der Waals surface area contributed by atoms with Crippen LogP contribution in [0.5, 0.6) is 0 Å². The van der Waals surface area contributed by atoms with E-state index < -0.39 is 11.9 Å². The van der Waals surface area contributed by atoms with Crippen LogP contribution in [0.15, 0.2) is 34.6 Å². The van der Waals surface area contributed by atoms with Gasteiger partial charge in [-0.25, -0.2) is 9.37 Å². The molecule has 0 aliphatic carbocycles. The van der Waals surface area contributed by atoms with Crippen molar-refractivity contribution < 1.29 is 17.6 Å². The monoisotopic (exact) mass is 360 g/mol. The van der Waals surface area contributed by atoms with Gasteiger partial charge in [-0.15, -0.1) is 11.3 Å². The molecule has 0 fully saturated rings. The summed E-state index contributed by atoms with van der Waals surface area (Å²) in [6, 6.07) is 6.17. The molecule has 1 aromatic heterocycles. The lowest BCUT2D eigenvalue weighted by Crippen LogP contribution is -2.38. The zero-order valence-electron chi connectivity index (χ0n) is 13.1. The highest BCUT2D eigenvalue weighted by atomic mass is 32.1. The standard InChI is InChI=1S/C15H16F4N4S/c1-20-14(23(2)8-10-4-3-5-11(16)6-10)21-7-13-22-12(9-24-13)15(17,18)19/h3-6,9H,7-8H2,1-2H3,(H,20,21). The number of alkyl halides is 3. The summed E-state index contributed by atoms with van der Waals surface area (Å²) in [5.74, 6) is 0.148. The molecule has 1 N–H and O–H groups in total. The van der Waals surface area contributed by atoms with Gasteiger partial charge in [0, 0.05) is 26.0 Å². The van der Waals surface area contributed by atoms with Gasteiger partial charge in [-0.3, -0.25) is 4.99 Å². The first-order chi connectivity index (χ1) is 11.3. The van der Waals surface area contributed by atoms with E-state index in [4.69, 9.17) is 0 Å². The maximum Gasteiger partial charge on any atom is 0.434 e. The molecule has 0 amide bonds. The van der Waals surface area contributed by atoms with Crippen LogP contribution in [0.25, 0.3) is 0 Å². The molecule has 0 spiro atoms. The number of aliphatic imine (C=N–C) groups is 1. The number of halogens is 4. The lowest BCUT2D eigenvalue weighted by atomic mass is 10.2. The van der Waals surface area contributed by atoms with Crippen molar-refractivity contribution in [2.75, 3.05) is 14.1 Å². The summed E-state index contributed by atoms with van der Waals surface area (Å²) in [4.78, 5) is 9.36. The van der Waals surface area contributed by atoms with Crippen LogP contribution in [0.2, 0.25) is 0 Å². The SMILES string of the molecule is CN=C(NCc1nc(C(F)(F)F)cs1)N(C)Cc1cccc(F)c1. The number of nitrogens with one attached hydrogen (secondary N) is 1. The van der Waals surface area contributed by atoms with E-state index in [1.165, 1.54) is 12.1 Å². The number of thiazole rings is 1. The lowest BCUT2D eigenvalue weighted by Gasteiger charge is -2.21. The van der Waals surface area contributed by atoms with Crippen LogP contribution in [-0.4, -0.2) is 29.9 Å². The zero-order chi connectivity index (χ0) is 17.7. The van der Waals surface area contributed by atoms with Crippen LogP contribution in [0, 0.1) is 5.82 Å². The Bertz CT molecular complexity index is 711. The second kappa shape index (κ2) is 7.61. The average Bonchev–Trinajstić information content (AvgIpc) is 2.97. The van der Waals surface area contributed by atoms with E-state index in [0.29, 0.717) is 17.5 Å². The molecule has 1 aromatic carbocycles. The Morgan fingerprint density at radius 1 is 1.38 bits per heavy atom. The summed E-state index contributed by atoms with van der Waals surface area (Å²) in [7, 11) is 3.32. The molecule has 0 saturated carbocycles. The molecule has 0 aliphatic rings. The van der Waals surface area contributed by atoms with Gasteiger partial charge in [0.1, 0.15) is 10.8 Å². The summed E-state index contributed by atoms with van der Waals surface area (Å²) in [5, 5.41) is 4.24. The van der Waals surface area contributed by atoms with Gasteiger partial charge in [0.2, 0.25) is 0 Å². The molecule has 0 unspecified atom stereocenters. The van der Waals surface area contributed by atoms with Crippen LogP contribution in [-0.2, 0) is 19.3 Å². The van der Waals surface area contributed by atoms with Gasteiger partial charge in [0.05, 0.1) is 6.54 Å². The van der Waals surface area contributed by atoms with E-state index >= 15 is 0 Å². The highest BCUT2D eigenvalue weighted by Crippen LogP contribution is 2.29. The first-order valence-corrected chi connectivity index (χ1v) is 7.85. The number of hydrogen-bond acceptors (Lipinski definition) is 3. The Kier molecular flexibility index (Phi) is 5.76. The fourth-order valence-corrected chi connectivity index (χ4v) is 2.79. The Labute approximate surface area is 140 Å². The second-order valence-electron chi connectivity index (χ2n) is 5.01. The molecule has 2 rings (SSSR count). The van der Waals surface area contributed by atoms with E-state index in [0.717, 1.165) is 22.3 Å². The number of rotatable bonds is 4. The van der Waals surface area contributed by atoms with Crippen molar-refractivity contribution in [1.82, 2.24) is 15.2 Å². The summed E-state index contributed by atoms with van der Waals surface area (Å²) < 4.78 is 50.8. The number of hydrogen-bond donors (Lipinski definition) is 1. The Balaban J connectivity index is 1.95. The van der Waals surface area contributed by atoms with Gasteiger partial charge in [-0.2, -0.15) is 13.2 Å². The predicted molar refractivity (Wildman–Crippen MR) is 85.2 cm³/mol. The second-order valence-corrected chi connectivity index (χ2v) is 5.95. The van der Waals surface area contributed by atoms with E-state index in [1.807, 2.05) is 0 Å². The molecule has 4 nitrogen and oxygen atoms in total. The fraction of sp³-hybridized carbons (Fsp3) is 0.333. The van der Waals surface area contributed by atoms with Crippen molar-refractivity contribution in [3.8, 4) is 0 Å². The molecule has 130 valence electrons. The van der Waals surface area contributed by atoms with Gasteiger partial charge in [0.15, 0.2) is 11.7 Å². The van der Waals surface area contributed by atoms with Crippen molar-refractivity contribution in [3.05, 3.63) is 51.7 Å². The molecule has 0 atom stereocenters. The first kappa shape index (κ1) is 18.2. The summed E-state index contributed by atoms with van der Waals surface area (Å²) in [6.45, 7) is 0.532. The normalized spacial score (nSPS) is 12.3. The van der Waals surface area contributed by atoms with Crippen LogP contribution in [0.4, 0.5) is 17.6 Å². The minimum Gasteiger partial charge on any atom is -0.350 e. The van der Waals surface area contributed by atoms with Crippen LogP contribution in [0.1, 0.15) is 16.3 Å². The molecule has 0 saturated heterocycles. The molecular weight excluding hydrogens is 344 g/mol. The summed E-state index contributed by atoms with van der Waals surface area (Å²) in [6.07, 6.45) is -4.44. The fourth-order valence-electron chi connectivity index (χ4n) is 2.05. The average molecular weight is 360 g/mol. The summed E-state index contributed by atoms with van der Waals surface area (Å²) in [5.41, 5.74) is -0.138. The van der Waals surface area contributed by atoms with E-state index in [2.05, 4.69) is 15.3 Å². The number of nitrogens with zero attached hydrogens (tertiary/aromatic N) is 3. The maximum atomic E-state index is 13.2. The van der Waals surface area contributed by atoms with Gasteiger partial charge < -0.3 is 10.2 Å². The molecule has 0 bridgehead atoms. The molecule has 0 aliphatic heterocycles. The summed E-state index contributed by atoms with van der Waals surface area (Å²) >= 11 is 0.930. The minimum absolute atomic E-state index is 0.126. The van der Waals surface area contributed by atoms with Gasteiger partial charge in [-0.05, 0) is 17.7 Å². The molecule has 0 radical (unpaired) electrons. The molecular formula is C15H16F4N4S. The molecule has 2 aromatic rings. The third kappa shape index (κ3) is 4.92. The van der Waals surface area contributed by atoms with Crippen molar-refractivity contribution in [2.24, 2.45) is 4.99 Å². The van der Waals surface area contributed by atoms with Crippen molar-refractivity contribution in [1.29, 1.82) is 0 Å². The number of aromatic nitrogens is 1. The number of benzene rings is 1. The predicted octanol–water partition coefficient (Wildman–Crippen LogP) is 3.51. The Hall–Kier alpha value is -2.16. The highest BCUT2D eigenvalue weighted by molar-refractivity contribution is 7.09. The van der Waals surface area contributed by atoms with E-state index in [1.54, 1.807) is 31.1 Å². The van der Waals surface area contributed by atoms with E-state index in [9.17, 15) is 17.6 Å². The van der Waals surface area contributed by atoms with Crippen molar-refractivity contribution in [3.63, 3.8) is 0 Å². The minimum atomic E-state index is -4.44.